The van der Waals surface area contributed by atoms with E-state index in [1.165, 1.54) is 6.26 Å². The molecule has 1 aromatic carbocycles. The van der Waals surface area contributed by atoms with E-state index in [0.29, 0.717) is 32.4 Å². The van der Waals surface area contributed by atoms with Crippen LogP contribution in [0.5, 0.6) is 5.75 Å². The van der Waals surface area contributed by atoms with Gasteiger partial charge in [-0.25, -0.2) is 17.9 Å². The normalized spacial score (nSPS) is 22.2. The number of ether oxygens (including phenoxy) is 1. The molecule has 7 nitrogen and oxygen atoms in total. The highest BCUT2D eigenvalue weighted by molar-refractivity contribution is 7.88. The predicted octanol–water partition coefficient (Wildman–Crippen LogP) is 1.58. The minimum Gasteiger partial charge on any atom is -0.487 e. The number of hydrogen-bond donors (Lipinski definition) is 1. The van der Waals surface area contributed by atoms with Crippen LogP contribution in [-0.2, 0) is 10.0 Å². The molecule has 2 amide bonds. The van der Waals surface area contributed by atoms with Gasteiger partial charge in [0.05, 0.1) is 12.3 Å². The van der Waals surface area contributed by atoms with Crippen molar-refractivity contribution >= 4 is 16.1 Å². The van der Waals surface area contributed by atoms with Gasteiger partial charge < -0.3 is 14.5 Å². The van der Waals surface area contributed by atoms with Crippen LogP contribution in [-0.4, -0.2) is 63.3 Å². The van der Waals surface area contributed by atoms with Crippen LogP contribution in [0.25, 0.3) is 0 Å². The van der Waals surface area contributed by atoms with Gasteiger partial charge in [0.15, 0.2) is 0 Å². The van der Waals surface area contributed by atoms with Gasteiger partial charge in [-0.05, 0) is 6.07 Å². The van der Waals surface area contributed by atoms with Crippen molar-refractivity contribution in [2.24, 2.45) is 0 Å². The first-order valence-corrected chi connectivity index (χ1v) is 10.3. The van der Waals surface area contributed by atoms with Crippen molar-refractivity contribution in [1.29, 1.82) is 0 Å². The zero-order valence-corrected chi connectivity index (χ0v) is 15.7. The molecule has 1 saturated heterocycles. The molecule has 0 aromatic heterocycles. The topological polar surface area (TPSA) is 79.0 Å². The summed E-state index contributed by atoms with van der Waals surface area (Å²) in [5, 5.41) is 0. The molecule has 0 aliphatic carbocycles. The van der Waals surface area contributed by atoms with Gasteiger partial charge in [-0.3, -0.25) is 0 Å². The van der Waals surface area contributed by atoms with Crippen molar-refractivity contribution in [1.82, 2.24) is 14.5 Å². The van der Waals surface area contributed by atoms with E-state index >= 15 is 0 Å². The number of piperidine rings is 1. The quantitative estimate of drug-likeness (QED) is 0.861. The van der Waals surface area contributed by atoms with Gasteiger partial charge in [0.1, 0.15) is 11.4 Å². The van der Waals surface area contributed by atoms with Crippen LogP contribution in [0.2, 0.25) is 0 Å². The van der Waals surface area contributed by atoms with E-state index in [1.807, 2.05) is 29.2 Å². The standard InChI is InChI=1S/C17H25N3O4S/c1-19(2)16(21)20-10-8-17(9-11-20)12-14(18-25(3,22)23)13-6-4-5-7-15(13)24-17/h4-7,14,18H,8-12H2,1-3H3/t14-/m1/s1. The van der Waals surface area contributed by atoms with Crippen LogP contribution in [0.4, 0.5) is 4.79 Å². The first kappa shape index (κ1) is 18.0. The average Bonchev–Trinajstić information content (AvgIpc) is 2.53. The molecule has 0 saturated carbocycles. The van der Waals surface area contributed by atoms with E-state index in [0.717, 1.165) is 11.3 Å². The van der Waals surface area contributed by atoms with Crippen molar-refractivity contribution in [2.75, 3.05) is 33.4 Å². The summed E-state index contributed by atoms with van der Waals surface area (Å²) in [7, 11) is 0.150. The van der Waals surface area contributed by atoms with E-state index in [1.54, 1.807) is 19.0 Å². The molecule has 0 bridgehead atoms. The number of carbonyl (C=O) groups excluding carboxylic acids is 1. The van der Waals surface area contributed by atoms with E-state index in [2.05, 4.69) is 4.72 Å². The summed E-state index contributed by atoms with van der Waals surface area (Å²) >= 11 is 0. The third-order valence-electron chi connectivity index (χ3n) is 4.88. The summed E-state index contributed by atoms with van der Waals surface area (Å²) in [6.45, 7) is 1.20. The lowest BCUT2D eigenvalue weighted by molar-refractivity contribution is -0.0166. The number of carbonyl (C=O) groups is 1. The van der Waals surface area contributed by atoms with Crippen molar-refractivity contribution in [3.8, 4) is 5.75 Å². The Balaban J connectivity index is 1.82. The Bertz CT molecular complexity index is 755. The molecule has 138 valence electrons. The van der Waals surface area contributed by atoms with Crippen molar-refractivity contribution < 1.29 is 17.9 Å². The fraction of sp³-hybridized carbons (Fsp3) is 0.588. The Hall–Kier alpha value is -1.80. The Kier molecular flexibility index (Phi) is 4.68. The molecule has 2 heterocycles. The molecule has 0 unspecified atom stereocenters. The summed E-state index contributed by atoms with van der Waals surface area (Å²) < 4.78 is 32.6. The maximum atomic E-state index is 12.1. The molecule has 1 spiro atoms. The van der Waals surface area contributed by atoms with Crippen LogP contribution >= 0.6 is 0 Å². The Morgan fingerprint density at radius 1 is 1.28 bits per heavy atom. The first-order valence-electron chi connectivity index (χ1n) is 8.41. The summed E-state index contributed by atoms with van der Waals surface area (Å²) in [4.78, 5) is 15.5. The molecule has 25 heavy (non-hydrogen) atoms. The highest BCUT2D eigenvalue weighted by Gasteiger charge is 2.44. The zero-order chi connectivity index (χ0) is 18.2. The number of urea groups is 1. The van der Waals surface area contributed by atoms with E-state index < -0.39 is 15.6 Å². The van der Waals surface area contributed by atoms with E-state index in [4.69, 9.17) is 4.74 Å². The van der Waals surface area contributed by atoms with Gasteiger partial charge >= 0.3 is 6.03 Å². The Morgan fingerprint density at radius 2 is 1.92 bits per heavy atom. The predicted molar refractivity (Wildman–Crippen MR) is 95.0 cm³/mol. The van der Waals surface area contributed by atoms with E-state index in [-0.39, 0.29) is 12.1 Å². The van der Waals surface area contributed by atoms with Crippen LogP contribution < -0.4 is 9.46 Å². The largest absolute Gasteiger partial charge is 0.487 e. The van der Waals surface area contributed by atoms with Gasteiger partial charge in [-0.2, -0.15) is 0 Å². The number of nitrogens with zero attached hydrogens (tertiary/aromatic N) is 2. The second-order valence-corrected chi connectivity index (χ2v) is 8.91. The number of para-hydroxylation sites is 1. The summed E-state index contributed by atoms with van der Waals surface area (Å²) in [5.74, 6) is 0.724. The van der Waals surface area contributed by atoms with Gasteiger partial charge in [0.25, 0.3) is 0 Å². The van der Waals surface area contributed by atoms with Crippen LogP contribution in [0.1, 0.15) is 30.9 Å². The maximum absolute atomic E-state index is 12.1. The van der Waals surface area contributed by atoms with Crippen LogP contribution in [0, 0.1) is 0 Å². The fourth-order valence-corrected chi connectivity index (χ4v) is 4.40. The number of nitrogens with one attached hydrogen (secondary N) is 1. The Morgan fingerprint density at radius 3 is 2.52 bits per heavy atom. The summed E-state index contributed by atoms with van der Waals surface area (Å²) in [6, 6.07) is 7.24. The summed E-state index contributed by atoms with van der Waals surface area (Å²) in [5.41, 5.74) is 0.421. The van der Waals surface area contributed by atoms with Crippen molar-refractivity contribution in [3.05, 3.63) is 29.8 Å². The van der Waals surface area contributed by atoms with Gasteiger partial charge in [0.2, 0.25) is 10.0 Å². The summed E-state index contributed by atoms with van der Waals surface area (Å²) in [6.07, 6.45) is 3.11. The lowest BCUT2D eigenvalue weighted by Crippen LogP contribution is -2.54. The molecule has 0 radical (unpaired) electrons. The monoisotopic (exact) mass is 367 g/mol. The lowest BCUT2D eigenvalue weighted by atomic mass is 9.81. The number of likely N-dealkylation sites (tertiary alicyclic amines) is 1. The number of amides is 2. The molecule has 1 fully saturated rings. The van der Waals surface area contributed by atoms with Crippen molar-refractivity contribution in [2.45, 2.75) is 30.9 Å². The third kappa shape index (κ3) is 3.90. The fourth-order valence-electron chi connectivity index (χ4n) is 3.68. The highest BCUT2D eigenvalue weighted by atomic mass is 32.2. The molecule has 2 aliphatic heterocycles. The smallest absolute Gasteiger partial charge is 0.319 e. The number of hydrogen-bond acceptors (Lipinski definition) is 4. The number of benzene rings is 1. The minimum absolute atomic E-state index is 0.00290. The molecule has 2 aliphatic rings. The van der Waals surface area contributed by atoms with Gasteiger partial charge in [-0.15, -0.1) is 0 Å². The Labute approximate surface area is 149 Å². The van der Waals surface area contributed by atoms with E-state index in [9.17, 15) is 13.2 Å². The minimum atomic E-state index is -3.33. The molecular weight excluding hydrogens is 342 g/mol. The molecule has 1 atom stereocenters. The molecule has 3 rings (SSSR count). The van der Waals surface area contributed by atoms with Gasteiger partial charge in [0, 0.05) is 52.0 Å². The number of sulfonamides is 1. The maximum Gasteiger partial charge on any atom is 0.319 e. The molecule has 8 heteroatoms. The SMILES string of the molecule is CN(C)C(=O)N1CCC2(CC1)C[C@@H](NS(C)(=O)=O)c1ccccc1O2. The average molecular weight is 367 g/mol. The number of rotatable bonds is 2. The lowest BCUT2D eigenvalue weighted by Gasteiger charge is -2.47. The molecular formula is C17H25N3O4S. The van der Waals surface area contributed by atoms with Crippen molar-refractivity contribution in [3.63, 3.8) is 0 Å². The second-order valence-electron chi connectivity index (χ2n) is 7.13. The van der Waals surface area contributed by atoms with Crippen LogP contribution in [0.3, 0.4) is 0 Å². The second kappa shape index (κ2) is 6.49. The molecule has 1 N–H and O–H groups in total. The molecule has 1 aromatic rings. The van der Waals surface area contributed by atoms with Crippen LogP contribution in [0.15, 0.2) is 24.3 Å². The first-order chi connectivity index (χ1) is 11.7. The number of fused-ring (bicyclic) bond motifs is 1. The third-order valence-corrected chi connectivity index (χ3v) is 5.59. The van der Waals surface area contributed by atoms with Gasteiger partial charge in [-0.1, -0.05) is 18.2 Å². The zero-order valence-electron chi connectivity index (χ0n) is 14.9. The highest BCUT2D eigenvalue weighted by Crippen LogP contribution is 2.44.